The lowest BCUT2D eigenvalue weighted by atomic mass is 9.96. The highest BCUT2D eigenvalue weighted by Crippen LogP contribution is 2.28. The van der Waals surface area contributed by atoms with E-state index in [9.17, 15) is 28.2 Å². The van der Waals surface area contributed by atoms with Gasteiger partial charge < -0.3 is 26.0 Å². The Morgan fingerprint density at radius 1 is 1.00 bits per heavy atom. The number of aromatic hydroxyl groups is 1. The van der Waals surface area contributed by atoms with Crippen LogP contribution in [0.3, 0.4) is 0 Å². The summed E-state index contributed by atoms with van der Waals surface area (Å²) < 4.78 is 23.2. The predicted octanol–water partition coefficient (Wildman–Crippen LogP) is 2.48. The smallest absolute Gasteiger partial charge is 0.339 e. The molecule has 1 amide bonds. The van der Waals surface area contributed by atoms with E-state index in [4.69, 9.17) is 10.2 Å². The molecule has 0 aliphatic rings. The van der Waals surface area contributed by atoms with E-state index in [1.807, 2.05) is 24.3 Å². The van der Waals surface area contributed by atoms with Crippen LogP contribution in [0.4, 0.5) is 0 Å². The molecule has 1 unspecified atom stereocenters. The normalized spacial score (nSPS) is 12.2. The summed E-state index contributed by atoms with van der Waals surface area (Å²) in [5.74, 6) is -1.66. The number of aryl methyl sites for hydroxylation is 1. The van der Waals surface area contributed by atoms with E-state index in [-0.39, 0.29) is 28.5 Å². The first-order valence-corrected chi connectivity index (χ1v) is 13.9. The Morgan fingerprint density at radius 3 is 2.44 bits per heavy atom. The molecule has 3 aromatic carbocycles. The Bertz CT molecular complexity index is 1440. The predicted molar refractivity (Wildman–Crippen MR) is 147 cm³/mol. The highest BCUT2D eigenvalue weighted by atomic mass is 32.2. The first-order chi connectivity index (χ1) is 18.5. The Morgan fingerprint density at radius 2 is 1.77 bits per heavy atom. The quantitative estimate of drug-likeness (QED) is 0.174. The number of nitrogens with one attached hydrogen (secondary N) is 2. The number of hydrogen-bond acceptors (Lipinski definition) is 7. The molecule has 39 heavy (non-hydrogen) atoms. The van der Waals surface area contributed by atoms with Gasteiger partial charge in [-0.3, -0.25) is 4.79 Å². The molecule has 0 bridgehead atoms. The summed E-state index contributed by atoms with van der Waals surface area (Å²) in [6.45, 7) is 3.08. The molecule has 3 aromatic rings. The number of carboxylic acids is 1. The molecule has 0 saturated heterocycles. The Kier molecular flexibility index (Phi) is 10.2. The first-order valence-electron chi connectivity index (χ1n) is 12.4. The molecule has 0 aromatic heterocycles. The second-order valence-corrected chi connectivity index (χ2v) is 10.8. The van der Waals surface area contributed by atoms with Crippen molar-refractivity contribution in [3.63, 3.8) is 0 Å². The zero-order chi connectivity index (χ0) is 28.6. The summed E-state index contributed by atoms with van der Waals surface area (Å²) >= 11 is 0. The van der Waals surface area contributed by atoms with Gasteiger partial charge in [-0.1, -0.05) is 30.3 Å². The minimum atomic E-state index is -3.78. The zero-order valence-electron chi connectivity index (χ0n) is 21.6. The van der Waals surface area contributed by atoms with Crippen LogP contribution in [0.5, 0.6) is 5.75 Å². The summed E-state index contributed by atoms with van der Waals surface area (Å²) in [5.41, 5.74) is 3.72. The number of aliphatic hydroxyl groups is 1. The highest BCUT2D eigenvalue weighted by molar-refractivity contribution is 7.89. The van der Waals surface area contributed by atoms with Crippen LogP contribution in [0.1, 0.15) is 46.0 Å². The largest absolute Gasteiger partial charge is 0.507 e. The van der Waals surface area contributed by atoms with Crippen molar-refractivity contribution >= 4 is 21.9 Å². The van der Waals surface area contributed by atoms with Crippen LogP contribution in [-0.4, -0.2) is 55.2 Å². The Balaban J connectivity index is 1.40. The van der Waals surface area contributed by atoms with Crippen LogP contribution in [-0.2, 0) is 21.2 Å². The SMILES string of the molecule is Cc1cc(S(N)(=O)=O)ccc1-c1cccc(C(O)CCNCCC(=O)NCCc2ccc(C(=O)O)c(O)c2)c1. The van der Waals surface area contributed by atoms with Crippen molar-refractivity contribution in [3.05, 3.63) is 82.9 Å². The van der Waals surface area contributed by atoms with Crippen molar-refractivity contribution in [1.82, 2.24) is 10.6 Å². The molecule has 208 valence electrons. The van der Waals surface area contributed by atoms with Gasteiger partial charge in [0.2, 0.25) is 15.9 Å². The number of aliphatic hydroxyl groups excluding tert-OH is 1. The van der Waals surface area contributed by atoms with Crippen LogP contribution in [0.15, 0.2) is 65.6 Å². The van der Waals surface area contributed by atoms with Gasteiger partial charge in [0, 0.05) is 19.5 Å². The molecule has 0 saturated carbocycles. The van der Waals surface area contributed by atoms with Gasteiger partial charge in [-0.05, 0) is 84.5 Å². The molecule has 7 N–H and O–H groups in total. The number of carboxylic acid groups (broad SMARTS) is 1. The van der Waals surface area contributed by atoms with Gasteiger partial charge in [0.1, 0.15) is 11.3 Å². The molecule has 1 atom stereocenters. The molecule has 10 nitrogen and oxygen atoms in total. The van der Waals surface area contributed by atoms with Crippen LogP contribution in [0, 0.1) is 6.92 Å². The number of rotatable bonds is 13. The number of hydrogen-bond donors (Lipinski definition) is 6. The van der Waals surface area contributed by atoms with Gasteiger partial charge in [-0.2, -0.15) is 0 Å². The third-order valence-electron chi connectivity index (χ3n) is 6.26. The molecular weight excluding hydrogens is 522 g/mol. The van der Waals surface area contributed by atoms with Crippen LogP contribution < -0.4 is 15.8 Å². The maximum Gasteiger partial charge on any atom is 0.339 e. The van der Waals surface area contributed by atoms with Crippen LogP contribution in [0.2, 0.25) is 0 Å². The summed E-state index contributed by atoms with van der Waals surface area (Å²) in [6.07, 6.45) is 0.416. The second-order valence-electron chi connectivity index (χ2n) is 9.21. The van der Waals surface area contributed by atoms with E-state index in [0.717, 1.165) is 22.3 Å². The van der Waals surface area contributed by atoms with E-state index in [2.05, 4.69) is 10.6 Å². The van der Waals surface area contributed by atoms with Gasteiger partial charge in [0.15, 0.2) is 0 Å². The number of amides is 1. The molecule has 0 heterocycles. The van der Waals surface area contributed by atoms with Gasteiger partial charge >= 0.3 is 5.97 Å². The number of nitrogens with two attached hydrogens (primary N) is 1. The molecule has 0 radical (unpaired) electrons. The number of aromatic carboxylic acids is 1. The number of primary sulfonamides is 1. The molecule has 3 rings (SSSR count). The fraction of sp³-hybridized carbons (Fsp3) is 0.286. The Hall–Kier alpha value is -3.77. The number of phenols is 1. The summed E-state index contributed by atoms with van der Waals surface area (Å²) in [6, 6.07) is 16.4. The zero-order valence-corrected chi connectivity index (χ0v) is 22.4. The lowest BCUT2D eigenvalue weighted by molar-refractivity contribution is -0.120. The third-order valence-corrected chi connectivity index (χ3v) is 7.17. The van der Waals surface area contributed by atoms with E-state index >= 15 is 0 Å². The van der Waals surface area contributed by atoms with E-state index in [1.54, 1.807) is 19.1 Å². The fourth-order valence-electron chi connectivity index (χ4n) is 4.13. The average Bonchev–Trinajstić information content (AvgIpc) is 2.87. The van der Waals surface area contributed by atoms with Crippen molar-refractivity contribution in [2.75, 3.05) is 19.6 Å². The summed E-state index contributed by atoms with van der Waals surface area (Å²) in [4.78, 5) is 23.1. The topological polar surface area (TPSA) is 179 Å². The number of benzene rings is 3. The van der Waals surface area contributed by atoms with Gasteiger partial charge in [0.25, 0.3) is 0 Å². The minimum Gasteiger partial charge on any atom is -0.507 e. The van der Waals surface area contributed by atoms with Crippen molar-refractivity contribution in [2.45, 2.75) is 37.2 Å². The van der Waals surface area contributed by atoms with Crippen LogP contribution in [0.25, 0.3) is 11.1 Å². The molecule has 0 fully saturated rings. The van der Waals surface area contributed by atoms with Crippen molar-refractivity contribution in [3.8, 4) is 16.9 Å². The van der Waals surface area contributed by atoms with Crippen molar-refractivity contribution in [2.24, 2.45) is 5.14 Å². The third kappa shape index (κ3) is 8.62. The molecule has 0 aliphatic carbocycles. The van der Waals surface area contributed by atoms with Gasteiger partial charge in [-0.25, -0.2) is 18.4 Å². The lowest BCUT2D eigenvalue weighted by Crippen LogP contribution is -2.29. The molecule has 0 aliphatic heterocycles. The monoisotopic (exact) mass is 555 g/mol. The van der Waals surface area contributed by atoms with Crippen molar-refractivity contribution < 1.29 is 33.3 Å². The molecule has 11 heteroatoms. The van der Waals surface area contributed by atoms with E-state index in [1.165, 1.54) is 24.3 Å². The van der Waals surface area contributed by atoms with Gasteiger partial charge in [-0.15, -0.1) is 0 Å². The Labute approximate surface area is 227 Å². The summed E-state index contributed by atoms with van der Waals surface area (Å²) in [7, 11) is -3.78. The number of carbonyl (C=O) groups is 2. The average molecular weight is 556 g/mol. The number of sulfonamides is 1. The van der Waals surface area contributed by atoms with E-state index in [0.29, 0.717) is 38.0 Å². The van der Waals surface area contributed by atoms with E-state index < -0.39 is 22.1 Å². The molecule has 0 spiro atoms. The standard InChI is InChI=1S/C28H33N3O7S/c1-18-15-22(39(29,37)38)6-8-23(18)20-3-2-4-21(17-20)25(32)10-12-30-13-11-27(34)31-14-9-19-5-7-24(28(35)36)26(33)16-19/h2-8,15-17,25,30,32-33H,9-14H2,1H3,(H,31,34)(H,35,36)(H2,29,37,38). The lowest BCUT2D eigenvalue weighted by Gasteiger charge is -2.14. The second kappa shape index (κ2) is 13.3. The maximum absolute atomic E-state index is 12.1. The fourth-order valence-corrected chi connectivity index (χ4v) is 4.73. The highest BCUT2D eigenvalue weighted by Gasteiger charge is 2.13. The number of carbonyl (C=O) groups excluding carboxylic acids is 1. The first kappa shape index (κ1) is 29.8. The van der Waals surface area contributed by atoms with Crippen LogP contribution >= 0.6 is 0 Å². The minimum absolute atomic E-state index is 0.0484. The van der Waals surface area contributed by atoms with Crippen molar-refractivity contribution in [1.29, 1.82) is 0 Å². The summed E-state index contributed by atoms with van der Waals surface area (Å²) in [5, 5.41) is 40.5. The molecular formula is C28H33N3O7S. The maximum atomic E-state index is 12.1. The van der Waals surface area contributed by atoms with Gasteiger partial charge in [0.05, 0.1) is 11.0 Å².